The highest BCUT2D eigenvalue weighted by Crippen LogP contribution is 2.42. The number of nitrogens with one attached hydrogen (secondary N) is 1. The number of H-pyrrole nitrogens is 1. The number of carbonyl (C=O) groups is 2. The predicted octanol–water partition coefficient (Wildman–Crippen LogP) is 3.43. The number of amides is 2. The van der Waals surface area contributed by atoms with E-state index in [9.17, 15) is 9.59 Å². The molecule has 1 N–H and O–H groups in total. The molecule has 7 heterocycles. The molecule has 13 heteroatoms. The summed E-state index contributed by atoms with van der Waals surface area (Å²) in [5.41, 5.74) is 5.83. The molecule has 2 saturated heterocycles. The molecule has 0 unspecified atom stereocenters. The number of carbonyl (C=O) groups excluding carboxylic acids is 2. The van der Waals surface area contributed by atoms with Gasteiger partial charge in [0.05, 0.1) is 28.7 Å². The topological polar surface area (TPSA) is 153 Å². The lowest BCUT2D eigenvalue weighted by atomic mass is 9.85. The Hall–Kier alpha value is -5.74. The van der Waals surface area contributed by atoms with Crippen molar-refractivity contribution in [3.63, 3.8) is 0 Å². The van der Waals surface area contributed by atoms with E-state index >= 15 is 0 Å². The Morgan fingerprint density at radius 3 is 2.58 bits per heavy atom. The Morgan fingerprint density at radius 1 is 1.02 bits per heavy atom. The lowest BCUT2D eigenvalue weighted by Gasteiger charge is -2.29. The number of anilines is 1. The summed E-state index contributed by atoms with van der Waals surface area (Å²) >= 11 is 0. The number of pyridine rings is 2. The minimum absolute atomic E-state index is 0.0567. The van der Waals surface area contributed by atoms with Gasteiger partial charge in [0.25, 0.3) is 0 Å². The maximum absolute atomic E-state index is 13.9. The molecular formula is C35H33N11O2. The highest BCUT2D eigenvalue weighted by atomic mass is 16.2. The number of benzene rings is 1. The molecule has 2 fully saturated rings. The number of aromatic amines is 1. The monoisotopic (exact) mass is 639 g/mol. The van der Waals surface area contributed by atoms with Crippen LogP contribution in [-0.2, 0) is 16.6 Å². The normalized spacial score (nSPS) is 19.8. The van der Waals surface area contributed by atoms with Crippen molar-refractivity contribution in [3.8, 4) is 28.8 Å². The number of hydrogen-bond acceptors (Lipinski definition) is 9. The van der Waals surface area contributed by atoms with Crippen LogP contribution in [0.25, 0.3) is 39.4 Å². The first kappa shape index (κ1) is 29.6. The zero-order valence-corrected chi connectivity index (χ0v) is 26.5. The SMILES string of the molecule is Cn1cnc(-c2ccc(C3=CCN(C(=O)CN4CC[C@]5(CCN(c6ccc7[nH]nc(-c8ccc(C#N)cn8)c7n6)C5=O)C4)CC3)cc2)n1. The average Bonchev–Trinajstić information content (AvgIpc) is 3.92. The molecule has 2 amide bonds. The molecule has 1 aromatic carbocycles. The molecule has 1 atom stereocenters. The molecule has 13 nitrogen and oxygen atoms in total. The fraction of sp³-hybridized carbons (Fsp3) is 0.314. The molecule has 3 aliphatic heterocycles. The van der Waals surface area contributed by atoms with Gasteiger partial charge in [-0.15, -0.1) is 0 Å². The van der Waals surface area contributed by atoms with Crippen molar-refractivity contribution >= 4 is 34.2 Å². The van der Waals surface area contributed by atoms with Gasteiger partial charge in [-0.1, -0.05) is 30.3 Å². The first-order valence-corrected chi connectivity index (χ1v) is 16.1. The second-order valence-corrected chi connectivity index (χ2v) is 12.8. The van der Waals surface area contributed by atoms with Gasteiger partial charge >= 0.3 is 0 Å². The van der Waals surface area contributed by atoms with Crippen LogP contribution >= 0.6 is 0 Å². The third-order valence-electron chi connectivity index (χ3n) is 9.78. The van der Waals surface area contributed by atoms with Crippen LogP contribution in [0, 0.1) is 16.7 Å². The second-order valence-electron chi connectivity index (χ2n) is 12.8. The van der Waals surface area contributed by atoms with E-state index in [-0.39, 0.29) is 11.8 Å². The van der Waals surface area contributed by atoms with Crippen molar-refractivity contribution < 1.29 is 9.59 Å². The van der Waals surface area contributed by atoms with E-state index in [4.69, 9.17) is 10.2 Å². The number of rotatable bonds is 6. The summed E-state index contributed by atoms with van der Waals surface area (Å²) in [6.07, 6.45) is 7.57. The van der Waals surface area contributed by atoms with Crippen LogP contribution in [0.3, 0.4) is 0 Å². The number of aromatic nitrogens is 7. The maximum Gasteiger partial charge on any atom is 0.237 e. The summed E-state index contributed by atoms with van der Waals surface area (Å²) in [5.74, 6) is 1.43. The van der Waals surface area contributed by atoms with Gasteiger partial charge in [0.2, 0.25) is 11.8 Å². The van der Waals surface area contributed by atoms with Gasteiger partial charge in [0.15, 0.2) is 5.82 Å². The van der Waals surface area contributed by atoms with E-state index in [0.717, 1.165) is 35.9 Å². The van der Waals surface area contributed by atoms with Crippen LogP contribution in [-0.4, -0.2) is 95.8 Å². The zero-order valence-electron chi connectivity index (χ0n) is 26.5. The van der Waals surface area contributed by atoms with Crippen molar-refractivity contribution in [2.24, 2.45) is 12.5 Å². The third-order valence-corrected chi connectivity index (χ3v) is 9.78. The number of fused-ring (bicyclic) bond motifs is 1. The van der Waals surface area contributed by atoms with Crippen molar-refractivity contribution in [1.29, 1.82) is 5.26 Å². The van der Waals surface area contributed by atoms with Crippen LogP contribution in [0.15, 0.2) is 67.1 Å². The molecule has 8 rings (SSSR count). The summed E-state index contributed by atoms with van der Waals surface area (Å²) in [4.78, 5) is 46.6. The van der Waals surface area contributed by atoms with Gasteiger partial charge in [-0.05, 0) is 61.2 Å². The fourth-order valence-corrected chi connectivity index (χ4v) is 7.08. The van der Waals surface area contributed by atoms with Crippen LogP contribution in [0.2, 0.25) is 0 Å². The summed E-state index contributed by atoms with van der Waals surface area (Å²) in [6, 6.07) is 17.5. The molecule has 48 heavy (non-hydrogen) atoms. The van der Waals surface area contributed by atoms with Gasteiger partial charge in [-0.3, -0.25) is 34.2 Å². The molecule has 4 aromatic heterocycles. The molecule has 0 radical (unpaired) electrons. The quantitative estimate of drug-likeness (QED) is 0.294. The maximum atomic E-state index is 13.9. The standard InChI is InChI=1S/C35H33N11O2/c1-43-22-38-33(42-43)26-5-3-24(4-6-26)25-10-14-45(15-11-25)30(47)20-44-16-12-35(21-44)13-17-46(34(35)48)29-9-8-28-31(39-29)32(41-40-28)27-7-2-23(18-36)19-37-27/h2-10,19,22H,11-17,20-21H2,1H3,(H,40,41)/t35-/m0/s1. The Labute approximate surface area is 276 Å². The Balaban J connectivity index is 0.895. The van der Waals surface area contributed by atoms with Gasteiger partial charge in [-0.25, -0.2) is 9.97 Å². The molecule has 0 aliphatic carbocycles. The van der Waals surface area contributed by atoms with Crippen LogP contribution in [0.4, 0.5) is 5.82 Å². The summed E-state index contributed by atoms with van der Waals surface area (Å²) in [7, 11) is 1.85. The van der Waals surface area contributed by atoms with E-state index < -0.39 is 5.41 Å². The number of aryl methyl sites for hydroxylation is 1. The summed E-state index contributed by atoms with van der Waals surface area (Å²) in [5, 5.41) is 20.9. The van der Waals surface area contributed by atoms with E-state index in [1.54, 1.807) is 28.0 Å². The molecular weight excluding hydrogens is 606 g/mol. The highest BCUT2D eigenvalue weighted by molar-refractivity contribution is 6.01. The number of likely N-dealkylation sites (tertiary alicyclic amines) is 1. The zero-order chi connectivity index (χ0) is 32.8. The Morgan fingerprint density at radius 2 is 1.85 bits per heavy atom. The van der Waals surface area contributed by atoms with Crippen molar-refractivity contribution in [1.82, 2.24) is 44.7 Å². The number of nitrogens with zero attached hydrogens (tertiary/aromatic N) is 10. The van der Waals surface area contributed by atoms with Gasteiger partial charge in [-0.2, -0.15) is 15.5 Å². The first-order valence-electron chi connectivity index (χ1n) is 16.1. The van der Waals surface area contributed by atoms with Gasteiger partial charge in [0, 0.05) is 45.0 Å². The van der Waals surface area contributed by atoms with E-state index in [2.05, 4.69) is 54.4 Å². The Kier molecular flexibility index (Phi) is 7.29. The molecule has 5 aromatic rings. The third kappa shape index (κ3) is 5.29. The highest BCUT2D eigenvalue weighted by Gasteiger charge is 2.51. The molecule has 0 bridgehead atoms. The van der Waals surface area contributed by atoms with Crippen LogP contribution < -0.4 is 4.90 Å². The molecule has 1 spiro atoms. The lowest BCUT2D eigenvalue weighted by molar-refractivity contribution is -0.132. The molecule has 3 aliphatic rings. The van der Waals surface area contributed by atoms with Crippen LogP contribution in [0.1, 0.15) is 30.4 Å². The molecule has 0 saturated carbocycles. The molecule has 240 valence electrons. The fourth-order valence-electron chi connectivity index (χ4n) is 7.08. The van der Waals surface area contributed by atoms with Gasteiger partial charge in [0.1, 0.15) is 29.4 Å². The average molecular weight is 640 g/mol. The summed E-state index contributed by atoms with van der Waals surface area (Å²) in [6.45, 7) is 3.40. The predicted molar refractivity (Wildman–Crippen MR) is 178 cm³/mol. The van der Waals surface area contributed by atoms with Crippen molar-refractivity contribution in [2.45, 2.75) is 19.3 Å². The van der Waals surface area contributed by atoms with Gasteiger partial charge < -0.3 is 4.90 Å². The van der Waals surface area contributed by atoms with Crippen molar-refractivity contribution in [3.05, 3.63) is 78.3 Å². The van der Waals surface area contributed by atoms with Crippen molar-refractivity contribution in [2.75, 3.05) is 44.2 Å². The summed E-state index contributed by atoms with van der Waals surface area (Å²) < 4.78 is 1.69. The minimum atomic E-state index is -0.517. The lowest BCUT2D eigenvalue weighted by Crippen LogP contribution is -2.43. The smallest absolute Gasteiger partial charge is 0.237 e. The minimum Gasteiger partial charge on any atom is -0.338 e. The number of nitriles is 1. The van der Waals surface area contributed by atoms with Crippen LogP contribution in [0.5, 0.6) is 0 Å². The van der Waals surface area contributed by atoms with E-state index in [1.165, 1.54) is 11.8 Å². The first-order chi connectivity index (χ1) is 23.4. The van der Waals surface area contributed by atoms with E-state index in [1.807, 2.05) is 36.2 Å². The number of hydrogen-bond donors (Lipinski definition) is 1. The van der Waals surface area contributed by atoms with E-state index in [0.29, 0.717) is 73.4 Å². The Bertz CT molecular complexity index is 2110. The second kappa shape index (κ2) is 11.8. The largest absolute Gasteiger partial charge is 0.338 e.